The fourth-order valence-corrected chi connectivity index (χ4v) is 7.63. The van der Waals surface area contributed by atoms with Crippen molar-refractivity contribution in [3.8, 4) is 0 Å². The standard InChI is InChI=1S/C23H28N4O4S2/c1-4-25-9-17-26(11-25)15(10-32-17)6-5-14-7-16(8-24-14)33-21-12(2)19-18(13(3)28)22(29)27(19)20(21)23(30)31/h5-6,9-14,16,18-19,24,28H,4,7-8H2,1-3H3/p+1/b6-5-/t12-,13-,14-,16+,18-,19-/m1/s1. The third-order valence-electron chi connectivity index (χ3n) is 6.95. The molecule has 0 aromatic carbocycles. The van der Waals surface area contributed by atoms with Crippen LogP contribution in [-0.2, 0) is 16.1 Å². The average Bonchev–Trinajstić information content (AvgIpc) is 3.50. The molecule has 2 aromatic rings. The minimum absolute atomic E-state index is 0.0916. The Morgan fingerprint density at radius 1 is 1.48 bits per heavy atom. The Kier molecular flexibility index (Phi) is 5.88. The largest absolute Gasteiger partial charge is 0.477 e. The molecule has 10 heteroatoms. The number of aliphatic hydroxyl groups is 1. The highest BCUT2D eigenvalue weighted by atomic mass is 32.2. The van der Waals surface area contributed by atoms with Crippen LogP contribution in [0.2, 0.25) is 0 Å². The molecule has 2 aromatic heterocycles. The van der Waals surface area contributed by atoms with Gasteiger partial charge in [0.15, 0.2) is 0 Å². The maximum atomic E-state index is 12.5. The van der Waals surface area contributed by atoms with Gasteiger partial charge in [0.2, 0.25) is 17.1 Å². The van der Waals surface area contributed by atoms with Crippen molar-refractivity contribution in [2.45, 2.75) is 57.2 Å². The van der Waals surface area contributed by atoms with Crippen LogP contribution in [0, 0.1) is 11.8 Å². The summed E-state index contributed by atoms with van der Waals surface area (Å²) in [7, 11) is 0. The molecule has 0 bridgehead atoms. The molecule has 0 aliphatic carbocycles. The summed E-state index contributed by atoms with van der Waals surface area (Å²) < 4.78 is 4.35. The van der Waals surface area contributed by atoms with Gasteiger partial charge in [-0.1, -0.05) is 24.3 Å². The van der Waals surface area contributed by atoms with Crippen molar-refractivity contribution in [3.05, 3.63) is 40.3 Å². The van der Waals surface area contributed by atoms with Crippen LogP contribution in [0.15, 0.2) is 34.6 Å². The average molecular weight is 490 g/mol. The molecule has 2 fully saturated rings. The van der Waals surface area contributed by atoms with Crippen LogP contribution < -0.4 is 9.88 Å². The van der Waals surface area contributed by atoms with E-state index in [0.717, 1.165) is 30.1 Å². The summed E-state index contributed by atoms with van der Waals surface area (Å²) in [6.07, 6.45) is 8.69. The number of rotatable bonds is 7. The van der Waals surface area contributed by atoms with Crippen LogP contribution in [-0.4, -0.2) is 61.4 Å². The molecule has 0 spiro atoms. The molecule has 0 radical (unpaired) electrons. The monoisotopic (exact) mass is 489 g/mol. The third-order valence-corrected chi connectivity index (χ3v) is 9.36. The molecule has 0 saturated carbocycles. The van der Waals surface area contributed by atoms with E-state index in [4.69, 9.17) is 0 Å². The van der Waals surface area contributed by atoms with Gasteiger partial charge in [-0.2, -0.15) is 4.40 Å². The summed E-state index contributed by atoms with van der Waals surface area (Å²) in [5.74, 6) is -1.96. The van der Waals surface area contributed by atoms with E-state index in [1.807, 2.05) is 6.92 Å². The van der Waals surface area contributed by atoms with Gasteiger partial charge in [-0.3, -0.25) is 4.79 Å². The maximum Gasteiger partial charge on any atom is 0.353 e. The molecular formula is C23H29N4O4S2+. The molecule has 2 saturated heterocycles. The van der Waals surface area contributed by atoms with Crippen molar-refractivity contribution >= 4 is 45.9 Å². The molecular weight excluding hydrogens is 460 g/mol. The molecule has 3 aliphatic heterocycles. The van der Waals surface area contributed by atoms with E-state index < -0.39 is 18.0 Å². The lowest BCUT2D eigenvalue weighted by Gasteiger charge is -2.46. The van der Waals surface area contributed by atoms with Gasteiger partial charge in [0, 0.05) is 34.0 Å². The number of nitrogens with one attached hydrogen (secondary N) is 1. The molecule has 33 heavy (non-hydrogen) atoms. The molecule has 5 heterocycles. The van der Waals surface area contributed by atoms with Crippen molar-refractivity contribution in [2.75, 3.05) is 6.54 Å². The van der Waals surface area contributed by atoms with Gasteiger partial charge in [0.05, 0.1) is 24.6 Å². The van der Waals surface area contributed by atoms with Gasteiger partial charge in [0.1, 0.15) is 17.6 Å². The molecule has 3 aliphatic rings. The van der Waals surface area contributed by atoms with Crippen molar-refractivity contribution in [1.82, 2.24) is 14.6 Å². The van der Waals surface area contributed by atoms with Gasteiger partial charge in [-0.25, -0.2) is 9.36 Å². The summed E-state index contributed by atoms with van der Waals surface area (Å²) in [5, 5.41) is 25.8. The van der Waals surface area contributed by atoms with Gasteiger partial charge < -0.3 is 20.4 Å². The number of hydrogen-bond donors (Lipinski definition) is 3. The number of aliphatic hydroxyl groups excluding tert-OH is 1. The summed E-state index contributed by atoms with van der Waals surface area (Å²) in [4.78, 5) is 27.9. The first kappa shape index (κ1) is 22.6. The van der Waals surface area contributed by atoms with E-state index >= 15 is 0 Å². The van der Waals surface area contributed by atoms with Crippen LogP contribution in [0.5, 0.6) is 0 Å². The van der Waals surface area contributed by atoms with Gasteiger partial charge in [0.25, 0.3) is 0 Å². The summed E-state index contributed by atoms with van der Waals surface area (Å²) in [6, 6.07) is -0.0506. The SMILES string of the molecule is CC[n+]1cc2scc(/C=C\[C@@H]3C[C@H](SC4=C(C(=O)O)N5C(=O)[C@H]([C@@H](C)O)[C@H]5[C@H]4C)CN3)n2c1. The Labute approximate surface area is 200 Å². The molecule has 8 nitrogen and oxygen atoms in total. The number of aromatic nitrogens is 2. The first-order valence-electron chi connectivity index (χ1n) is 11.4. The van der Waals surface area contributed by atoms with Crippen molar-refractivity contribution < 1.29 is 24.4 Å². The third kappa shape index (κ3) is 3.73. The van der Waals surface area contributed by atoms with Crippen LogP contribution in [0.25, 0.3) is 10.9 Å². The highest BCUT2D eigenvalue weighted by molar-refractivity contribution is 8.03. The van der Waals surface area contributed by atoms with Crippen LogP contribution in [0.3, 0.4) is 0 Å². The number of thioether (sulfide) groups is 1. The second-order valence-electron chi connectivity index (χ2n) is 9.07. The zero-order valence-corrected chi connectivity index (χ0v) is 20.5. The summed E-state index contributed by atoms with van der Waals surface area (Å²) in [5.41, 5.74) is 1.25. The molecule has 6 atom stereocenters. The van der Waals surface area contributed by atoms with Crippen LogP contribution in [0.1, 0.15) is 32.9 Å². The lowest BCUT2D eigenvalue weighted by Crippen LogP contribution is -2.63. The second kappa shape index (κ2) is 8.57. The zero-order chi connectivity index (χ0) is 23.4. The number of fused-ring (bicyclic) bond motifs is 2. The van der Waals surface area contributed by atoms with E-state index in [1.165, 1.54) is 9.73 Å². The van der Waals surface area contributed by atoms with E-state index in [-0.39, 0.29) is 34.9 Å². The number of hydrogen-bond acceptors (Lipinski definition) is 6. The van der Waals surface area contributed by atoms with Crippen molar-refractivity contribution in [1.29, 1.82) is 0 Å². The number of carbonyl (C=O) groups is 2. The normalized spacial score (nSPS) is 30.5. The lowest BCUT2D eigenvalue weighted by atomic mass is 9.79. The Hall–Kier alpha value is -2.14. The fraction of sp³-hybridized carbons (Fsp3) is 0.522. The van der Waals surface area contributed by atoms with E-state index in [2.05, 4.69) is 51.3 Å². The number of thiazole rings is 1. The molecule has 1 amide bonds. The maximum absolute atomic E-state index is 12.5. The number of aliphatic carboxylic acids is 1. The van der Waals surface area contributed by atoms with Gasteiger partial charge >= 0.3 is 5.97 Å². The highest BCUT2D eigenvalue weighted by Crippen LogP contribution is 2.51. The summed E-state index contributed by atoms with van der Waals surface area (Å²) in [6.45, 7) is 7.42. The first-order valence-corrected chi connectivity index (χ1v) is 13.1. The van der Waals surface area contributed by atoms with Crippen LogP contribution in [0.4, 0.5) is 0 Å². The number of amides is 1. The number of aryl methyl sites for hydroxylation is 1. The summed E-state index contributed by atoms with van der Waals surface area (Å²) >= 11 is 3.30. The fourth-order valence-electron chi connectivity index (χ4n) is 5.24. The van der Waals surface area contributed by atoms with Crippen molar-refractivity contribution in [2.24, 2.45) is 11.8 Å². The minimum Gasteiger partial charge on any atom is -0.477 e. The van der Waals surface area contributed by atoms with E-state index in [1.54, 1.807) is 30.0 Å². The number of carbonyl (C=O) groups excluding carboxylic acids is 1. The predicted octanol–water partition coefficient (Wildman–Crippen LogP) is 1.94. The molecule has 0 unspecified atom stereocenters. The van der Waals surface area contributed by atoms with Gasteiger partial charge in [-0.05, 0) is 26.3 Å². The van der Waals surface area contributed by atoms with Crippen molar-refractivity contribution in [3.63, 3.8) is 0 Å². The van der Waals surface area contributed by atoms with Crippen LogP contribution >= 0.6 is 23.1 Å². The Balaban J connectivity index is 1.28. The number of nitrogens with zero attached hydrogens (tertiary/aromatic N) is 3. The minimum atomic E-state index is -1.07. The van der Waals surface area contributed by atoms with E-state index in [0.29, 0.717) is 0 Å². The van der Waals surface area contributed by atoms with E-state index in [9.17, 15) is 19.8 Å². The highest BCUT2D eigenvalue weighted by Gasteiger charge is 2.60. The molecule has 176 valence electrons. The Morgan fingerprint density at radius 3 is 2.97 bits per heavy atom. The second-order valence-corrected chi connectivity index (χ2v) is 11.3. The topological polar surface area (TPSA) is 98.2 Å². The smallest absolute Gasteiger partial charge is 0.353 e. The number of carboxylic acid groups (broad SMARTS) is 1. The molecule has 5 rings (SSSR count). The molecule has 3 N–H and O–H groups in total. The Morgan fingerprint density at radius 2 is 2.27 bits per heavy atom. The zero-order valence-electron chi connectivity index (χ0n) is 18.8. The number of imidazole rings is 1. The first-order chi connectivity index (χ1) is 15.8. The van der Waals surface area contributed by atoms with Gasteiger partial charge in [-0.15, -0.1) is 11.8 Å². The Bertz CT molecular complexity index is 1170. The quantitative estimate of drug-likeness (QED) is 0.406. The number of carboxylic acids is 1. The lowest BCUT2D eigenvalue weighted by molar-refractivity contribution is -0.692. The predicted molar refractivity (Wildman–Crippen MR) is 128 cm³/mol. The number of β-lactam (4-membered cyclic amide) rings is 1.